The quantitative estimate of drug-likeness (QED) is 0.447. The average Bonchev–Trinajstić information content (AvgIpc) is 2.70. The van der Waals surface area contributed by atoms with Gasteiger partial charge in [-0.15, -0.1) is 0 Å². The Morgan fingerprint density at radius 3 is 1.38 bits per heavy atom. The van der Waals surface area contributed by atoms with Crippen LogP contribution in [0.25, 0.3) is 33.5 Å². The highest BCUT2D eigenvalue weighted by Gasteiger charge is 2.02. The van der Waals surface area contributed by atoms with Gasteiger partial charge in [-0.3, -0.25) is 4.98 Å². The number of pyridine rings is 1. The van der Waals surface area contributed by atoms with Crippen LogP contribution in [0.15, 0.2) is 103 Å². The van der Waals surface area contributed by atoms with E-state index in [1.807, 2.05) is 30.5 Å². The molecular formula is C23H17N. The predicted octanol–water partition coefficient (Wildman–Crippen LogP) is 6.08. The molecule has 0 aliphatic rings. The van der Waals surface area contributed by atoms with Crippen molar-refractivity contribution in [3.8, 4) is 33.5 Å². The van der Waals surface area contributed by atoms with Gasteiger partial charge in [0.15, 0.2) is 0 Å². The molecule has 0 spiro atoms. The van der Waals surface area contributed by atoms with Crippen LogP contribution in [0, 0.1) is 0 Å². The molecule has 0 radical (unpaired) electrons. The van der Waals surface area contributed by atoms with Crippen LogP contribution in [0.1, 0.15) is 0 Å². The fourth-order valence-electron chi connectivity index (χ4n) is 2.83. The number of hydrogen-bond donors (Lipinski definition) is 0. The van der Waals surface area contributed by atoms with Crippen LogP contribution in [-0.2, 0) is 0 Å². The summed E-state index contributed by atoms with van der Waals surface area (Å²) in [5.41, 5.74) is 6.93. The van der Waals surface area contributed by atoms with Gasteiger partial charge in [0.1, 0.15) is 0 Å². The van der Waals surface area contributed by atoms with Crippen molar-refractivity contribution in [2.45, 2.75) is 0 Å². The van der Waals surface area contributed by atoms with E-state index in [1.165, 1.54) is 16.7 Å². The summed E-state index contributed by atoms with van der Waals surface area (Å²) in [4.78, 5) is 4.61. The highest BCUT2D eigenvalue weighted by atomic mass is 14.7. The van der Waals surface area contributed by atoms with Crippen molar-refractivity contribution < 1.29 is 0 Å². The van der Waals surface area contributed by atoms with E-state index >= 15 is 0 Å². The van der Waals surface area contributed by atoms with Crippen LogP contribution in [0.4, 0.5) is 0 Å². The zero-order valence-electron chi connectivity index (χ0n) is 13.3. The highest BCUT2D eigenvalue weighted by Crippen LogP contribution is 2.25. The minimum Gasteiger partial charge on any atom is -0.256 e. The van der Waals surface area contributed by atoms with Gasteiger partial charge in [-0.25, -0.2) is 0 Å². The first kappa shape index (κ1) is 14.4. The summed E-state index contributed by atoms with van der Waals surface area (Å²) in [7, 11) is 0. The second-order valence-corrected chi connectivity index (χ2v) is 5.74. The molecule has 1 heterocycles. The van der Waals surface area contributed by atoms with Crippen molar-refractivity contribution in [3.63, 3.8) is 0 Å². The van der Waals surface area contributed by atoms with E-state index in [0.29, 0.717) is 0 Å². The number of hydrogen-bond acceptors (Lipinski definition) is 1. The molecule has 24 heavy (non-hydrogen) atoms. The Labute approximate surface area is 142 Å². The van der Waals surface area contributed by atoms with E-state index in [2.05, 4.69) is 77.8 Å². The number of aromatic nitrogens is 1. The van der Waals surface area contributed by atoms with E-state index < -0.39 is 0 Å². The number of nitrogens with zero attached hydrogens (tertiary/aromatic N) is 1. The van der Waals surface area contributed by atoms with E-state index in [9.17, 15) is 0 Å². The Morgan fingerprint density at radius 1 is 0.375 bits per heavy atom. The van der Waals surface area contributed by atoms with Gasteiger partial charge in [-0.05, 0) is 22.8 Å². The zero-order valence-corrected chi connectivity index (χ0v) is 13.3. The molecule has 0 saturated heterocycles. The van der Waals surface area contributed by atoms with Gasteiger partial charge in [0, 0.05) is 17.3 Å². The van der Waals surface area contributed by atoms with Crippen LogP contribution >= 0.6 is 0 Å². The van der Waals surface area contributed by atoms with Gasteiger partial charge in [0.2, 0.25) is 0 Å². The lowest BCUT2D eigenvalue weighted by molar-refractivity contribution is 1.32. The summed E-state index contributed by atoms with van der Waals surface area (Å²) in [5, 5.41) is 0. The first-order valence-electron chi connectivity index (χ1n) is 8.07. The standard InChI is InChI=1S/C23H17N/c1-3-7-18(8-4-1)19-11-13-20(14-12-19)22-15-16-23(24-17-22)21-9-5-2-6-10-21/h1-17H. The Balaban J connectivity index is 1.60. The first-order valence-corrected chi connectivity index (χ1v) is 8.07. The summed E-state index contributed by atoms with van der Waals surface area (Å²) in [5.74, 6) is 0. The van der Waals surface area contributed by atoms with Crippen LogP contribution in [0.5, 0.6) is 0 Å². The number of benzene rings is 3. The predicted molar refractivity (Wildman–Crippen MR) is 101 cm³/mol. The van der Waals surface area contributed by atoms with Crippen molar-refractivity contribution >= 4 is 0 Å². The third-order valence-corrected chi connectivity index (χ3v) is 4.16. The van der Waals surface area contributed by atoms with E-state index in [1.54, 1.807) is 0 Å². The third-order valence-electron chi connectivity index (χ3n) is 4.16. The fraction of sp³-hybridized carbons (Fsp3) is 0. The molecular weight excluding hydrogens is 290 g/mol. The van der Waals surface area contributed by atoms with Crippen molar-refractivity contribution in [2.75, 3.05) is 0 Å². The molecule has 4 rings (SSSR count). The van der Waals surface area contributed by atoms with Gasteiger partial charge < -0.3 is 0 Å². The molecule has 0 N–H and O–H groups in total. The molecule has 0 fully saturated rings. The molecule has 0 aliphatic carbocycles. The van der Waals surface area contributed by atoms with Crippen LogP contribution < -0.4 is 0 Å². The van der Waals surface area contributed by atoms with E-state index in [0.717, 1.165) is 16.8 Å². The summed E-state index contributed by atoms with van der Waals surface area (Å²) >= 11 is 0. The maximum absolute atomic E-state index is 4.61. The SMILES string of the molecule is c1ccc(-c2ccc(-c3ccc(-c4ccccc4)nc3)cc2)cc1. The topological polar surface area (TPSA) is 12.9 Å². The van der Waals surface area contributed by atoms with Crippen LogP contribution in [0.2, 0.25) is 0 Å². The van der Waals surface area contributed by atoms with Crippen molar-refractivity contribution in [3.05, 3.63) is 103 Å². The molecule has 114 valence electrons. The maximum Gasteiger partial charge on any atom is 0.0702 e. The molecule has 0 bridgehead atoms. The molecule has 0 saturated carbocycles. The van der Waals surface area contributed by atoms with Crippen molar-refractivity contribution in [2.24, 2.45) is 0 Å². The summed E-state index contributed by atoms with van der Waals surface area (Å²) < 4.78 is 0. The largest absolute Gasteiger partial charge is 0.256 e. The minimum atomic E-state index is 1.00. The van der Waals surface area contributed by atoms with E-state index in [4.69, 9.17) is 0 Å². The third kappa shape index (κ3) is 2.97. The van der Waals surface area contributed by atoms with E-state index in [-0.39, 0.29) is 0 Å². The molecule has 4 aromatic rings. The first-order chi connectivity index (χ1) is 11.9. The van der Waals surface area contributed by atoms with Gasteiger partial charge in [0.05, 0.1) is 5.69 Å². The van der Waals surface area contributed by atoms with Crippen LogP contribution in [0.3, 0.4) is 0 Å². The second kappa shape index (κ2) is 6.51. The summed E-state index contributed by atoms with van der Waals surface area (Å²) in [6.07, 6.45) is 1.94. The average molecular weight is 307 g/mol. The monoisotopic (exact) mass is 307 g/mol. The van der Waals surface area contributed by atoms with Gasteiger partial charge in [0.25, 0.3) is 0 Å². The molecule has 1 nitrogen and oxygen atoms in total. The van der Waals surface area contributed by atoms with Gasteiger partial charge in [-0.2, -0.15) is 0 Å². The molecule has 1 heteroatoms. The molecule has 0 atom stereocenters. The lowest BCUT2D eigenvalue weighted by atomic mass is 10.0. The smallest absolute Gasteiger partial charge is 0.0702 e. The minimum absolute atomic E-state index is 1.00. The molecule has 1 aromatic heterocycles. The molecule has 0 aliphatic heterocycles. The van der Waals surface area contributed by atoms with Crippen molar-refractivity contribution in [1.29, 1.82) is 0 Å². The van der Waals surface area contributed by atoms with Crippen molar-refractivity contribution in [1.82, 2.24) is 4.98 Å². The number of rotatable bonds is 3. The lowest BCUT2D eigenvalue weighted by Crippen LogP contribution is -1.85. The summed E-state index contributed by atoms with van der Waals surface area (Å²) in [6.45, 7) is 0. The second-order valence-electron chi connectivity index (χ2n) is 5.74. The normalized spacial score (nSPS) is 10.5. The molecule has 0 amide bonds. The Bertz CT molecular complexity index is 828. The van der Waals surface area contributed by atoms with Gasteiger partial charge >= 0.3 is 0 Å². The maximum atomic E-state index is 4.61. The van der Waals surface area contributed by atoms with Crippen LogP contribution in [-0.4, -0.2) is 4.98 Å². The summed E-state index contributed by atoms with van der Waals surface area (Å²) in [6, 6.07) is 33.5. The Kier molecular flexibility index (Phi) is 3.91. The zero-order chi connectivity index (χ0) is 16.2. The lowest BCUT2D eigenvalue weighted by Gasteiger charge is -2.06. The highest BCUT2D eigenvalue weighted by molar-refractivity contribution is 5.71. The molecule has 3 aromatic carbocycles. The Morgan fingerprint density at radius 2 is 0.833 bits per heavy atom. The molecule has 0 unspecified atom stereocenters. The van der Waals surface area contributed by atoms with Gasteiger partial charge in [-0.1, -0.05) is 91.0 Å². The Hall–Kier alpha value is -3.19. The fourth-order valence-corrected chi connectivity index (χ4v) is 2.83.